The highest BCUT2D eigenvalue weighted by Crippen LogP contribution is 2.63. The van der Waals surface area contributed by atoms with Gasteiger partial charge in [0.2, 0.25) is 0 Å². The highest BCUT2D eigenvalue weighted by Gasteiger charge is 2.50. The number of carbonyl (C=O) groups is 1. The van der Waals surface area contributed by atoms with Crippen LogP contribution in [-0.2, 0) is 6.42 Å². The molecule has 1 heterocycles. The molecule has 0 bridgehead atoms. The number of anilines is 1. The fourth-order valence-corrected chi connectivity index (χ4v) is 4.14. The Kier molecular flexibility index (Phi) is 4.14. The van der Waals surface area contributed by atoms with E-state index in [1.807, 2.05) is 0 Å². The second-order valence-corrected chi connectivity index (χ2v) is 7.45. The number of hydrogen-bond acceptors (Lipinski definition) is 2. The average molecular weight is 350 g/mol. The molecule has 0 radical (unpaired) electrons. The van der Waals surface area contributed by atoms with Crippen molar-refractivity contribution in [2.24, 2.45) is 5.41 Å². The van der Waals surface area contributed by atoms with E-state index in [0.717, 1.165) is 24.1 Å². The van der Waals surface area contributed by atoms with Crippen molar-refractivity contribution in [3.8, 4) is 0 Å². The molecule has 2 aliphatic carbocycles. The molecule has 2 aromatic rings. The van der Waals surface area contributed by atoms with E-state index in [4.69, 9.17) is 0 Å². The number of carbonyl (C=O) groups excluding carboxylic acids is 1. The van der Waals surface area contributed by atoms with Crippen molar-refractivity contribution in [2.45, 2.75) is 46.0 Å². The zero-order valence-electron chi connectivity index (χ0n) is 15.2. The van der Waals surface area contributed by atoms with Gasteiger partial charge in [-0.3, -0.25) is 9.78 Å². The predicted molar refractivity (Wildman–Crippen MR) is 101 cm³/mol. The van der Waals surface area contributed by atoms with Crippen LogP contribution in [0.3, 0.4) is 0 Å². The van der Waals surface area contributed by atoms with Gasteiger partial charge < -0.3 is 5.32 Å². The molecule has 0 saturated heterocycles. The lowest BCUT2D eigenvalue weighted by Gasteiger charge is -2.16. The molecule has 2 aliphatic rings. The maximum Gasteiger partial charge on any atom is 0.258 e. The molecular formula is C22H23FN2O. The Morgan fingerprint density at radius 2 is 2.04 bits per heavy atom. The quantitative estimate of drug-likeness (QED) is 0.804. The van der Waals surface area contributed by atoms with Crippen LogP contribution in [0.1, 0.15) is 61.1 Å². The molecule has 4 rings (SSSR count). The number of rotatable bonds is 4. The lowest BCUT2D eigenvalue weighted by atomic mass is 9.93. The van der Waals surface area contributed by atoms with Crippen LogP contribution in [0.15, 0.2) is 42.1 Å². The minimum absolute atomic E-state index is 0.0462. The van der Waals surface area contributed by atoms with Gasteiger partial charge in [-0.15, -0.1) is 0 Å². The molecule has 1 N–H and O–H groups in total. The number of pyridine rings is 1. The van der Waals surface area contributed by atoms with Gasteiger partial charge in [-0.25, -0.2) is 4.39 Å². The van der Waals surface area contributed by atoms with Crippen LogP contribution >= 0.6 is 0 Å². The van der Waals surface area contributed by atoms with Crippen molar-refractivity contribution in [1.82, 2.24) is 4.98 Å². The van der Waals surface area contributed by atoms with Gasteiger partial charge >= 0.3 is 0 Å². The van der Waals surface area contributed by atoms with Crippen LogP contribution in [-0.4, -0.2) is 10.9 Å². The summed E-state index contributed by atoms with van der Waals surface area (Å²) in [6.45, 7) is 4.27. The summed E-state index contributed by atoms with van der Waals surface area (Å²) in [4.78, 5) is 17.1. The number of aryl methyl sites for hydroxylation is 1. The summed E-state index contributed by atoms with van der Waals surface area (Å²) in [5, 5.41) is 2.83. The molecule has 1 spiro atoms. The molecule has 1 saturated carbocycles. The van der Waals surface area contributed by atoms with Crippen LogP contribution in [0.25, 0.3) is 5.57 Å². The van der Waals surface area contributed by atoms with Crippen molar-refractivity contribution < 1.29 is 9.18 Å². The van der Waals surface area contributed by atoms with Crippen molar-refractivity contribution in [3.05, 3.63) is 64.7 Å². The van der Waals surface area contributed by atoms with Gasteiger partial charge in [0.1, 0.15) is 5.82 Å². The number of hydrogen-bond donors (Lipinski definition) is 1. The molecule has 0 unspecified atom stereocenters. The molecule has 1 amide bonds. The van der Waals surface area contributed by atoms with Crippen LogP contribution < -0.4 is 5.32 Å². The van der Waals surface area contributed by atoms with Gasteiger partial charge in [0.05, 0.1) is 23.1 Å². The summed E-state index contributed by atoms with van der Waals surface area (Å²) < 4.78 is 13.8. The van der Waals surface area contributed by atoms with Gasteiger partial charge in [-0.1, -0.05) is 24.6 Å². The third kappa shape index (κ3) is 2.83. The topological polar surface area (TPSA) is 42.0 Å². The third-order valence-electron chi connectivity index (χ3n) is 5.78. The maximum atomic E-state index is 13.8. The number of allylic oxidation sites excluding steroid dienone is 2. The Hall–Kier alpha value is -2.49. The van der Waals surface area contributed by atoms with Crippen LogP contribution in [0.5, 0.6) is 0 Å². The normalized spacial score (nSPS) is 17.7. The summed E-state index contributed by atoms with van der Waals surface area (Å²) in [6, 6.07) is 8.11. The number of benzene rings is 1. The Bertz CT molecular complexity index is 912. The first-order chi connectivity index (χ1) is 12.5. The SMILES string of the molecule is CCc1cc(C2=C(C)CCC23CC3)ncc1NC(=O)c1ccccc1F. The van der Waals surface area contributed by atoms with E-state index in [1.54, 1.807) is 18.3 Å². The first-order valence-corrected chi connectivity index (χ1v) is 9.29. The van der Waals surface area contributed by atoms with Crippen molar-refractivity contribution in [2.75, 3.05) is 5.32 Å². The van der Waals surface area contributed by atoms with Crippen molar-refractivity contribution >= 4 is 17.2 Å². The van der Waals surface area contributed by atoms with E-state index < -0.39 is 11.7 Å². The maximum absolute atomic E-state index is 13.8. The zero-order valence-corrected chi connectivity index (χ0v) is 15.2. The molecule has 1 fully saturated rings. The second kappa shape index (κ2) is 6.35. The number of nitrogens with one attached hydrogen (secondary N) is 1. The summed E-state index contributed by atoms with van der Waals surface area (Å²) in [6.07, 6.45) is 7.42. The van der Waals surface area contributed by atoms with E-state index >= 15 is 0 Å². The smallest absolute Gasteiger partial charge is 0.258 e. The summed E-state index contributed by atoms with van der Waals surface area (Å²) in [5.41, 5.74) is 6.00. The second-order valence-electron chi connectivity index (χ2n) is 7.45. The van der Waals surface area contributed by atoms with E-state index in [2.05, 4.69) is 30.2 Å². The molecule has 1 aromatic carbocycles. The minimum Gasteiger partial charge on any atom is -0.320 e. The Morgan fingerprint density at radius 3 is 2.73 bits per heavy atom. The molecule has 134 valence electrons. The molecule has 0 aliphatic heterocycles. The van der Waals surface area contributed by atoms with Gasteiger partial charge in [0, 0.05) is 0 Å². The lowest BCUT2D eigenvalue weighted by molar-refractivity contribution is 0.102. The van der Waals surface area contributed by atoms with E-state index in [0.29, 0.717) is 11.1 Å². The monoisotopic (exact) mass is 350 g/mol. The van der Waals surface area contributed by atoms with Crippen molar-refractivity contribution in [3.63, 3.8) is 0 Å². The number of aromatic nitrogens is 1. The van der Waals surface area contributed by atoms with Crippen LogP contribution in [0.4, 0.5) is 10.1 Å². The van der Waals surface area contributed by atoms with E-state index in [-0.39, 0.29) is 5.56 Å². The number of halogens is 1. The molecule has 3 nitrogen and oxygen atoms in total. The summed E-state index contributed by atoms with van der Waals surface area (Å²) in [5.74, 6) is -0.961. The van der Waals surface area contributed by atoms with Gasteiger partial charge in [-0.2, -0.15) is 0 Å². The number of nitrogens with zero attached hydrogens (tertiary/aromatic N) is 1. The lowest BCUT2D eigenvalue weighted by Crippen LogP contribution is -2.15. The van der Waals surface area contributed by atoms with Crippen LogP contribution in [0.2, 0.25) is 0 Å². The molecule has 26 heavy (non-hydrogen) atoms. The summed E-state index contributed by atoms with van der Waals surface area (Å²) in [7, 11) is 0. The van der Waals surface area contributed by atoms with Crippen molar-refractivity contribution in [1.29, 1.82) is 0 Å². The van der Waals surface area contributed by atoms with Gasteiger partial charge in [-0.05, 0) is 73.8 Å². The first-order valence-electron chi connectivity index (χ1n) is 9.29. The molecule has 0 atom stereocenters. The highest BCUT2D eigenvalue weighted by molar-refractivity contribution is 6.04. The zero-order chi connectivity index (χ0) is 18.3. The highest BCUT2D eigenvalue weighted by atomic mass is 19.1. The standard InChI is InChI=1S/C22H23FN2O/c1-3-15-12-18(20-14(2)8-9-22(20)10-11-22)24-13-19(15)25-21(26)16-6-4-5-7-17(16)23/h4-7,12-13H,3,8-11H2,1-2H3,(H,25,26). The molecule has 4 heteroatoms. The average Bonchev–Trinajstić information content (AvgIpc) is 3.34. The first kappa shape index (κ1) is 17.0. The fraction of sp³-hybridized carbons (Fsp3) is 0.364. The van der Waals surface area contributed by atoms with Gasteiger partial charge in [0.15, 0.2) is 0 Å². The van der Waals surface area contributed by atoms with Crippen LogP contribution in [0, 0.1) is 11.2 Å². The summed E-state index contributed by atoms with van der Waals surface area (Å²) >= 11 is 0. The third-order valence-corrected chi connectivity index (χ3v) is 5.78. The Balaban J connectivity index is 1.64. The largest absolute Gasteiger partial charge is 0.320 e. The molecular weight excluding hydrogens is 327 g/mol. The number of amides is 1. The van der Waals surface area contributed by atoms with E-state index in [1.165, 1.54) is 42.5 Å². The van der Waals surface area contributed by atoms with E-state index in [9.17, 15) is 9.18 Å². The minimum atomic E-state index is -0.518. The molecule has 1 aromatic heterocycles. The predicted octanol–water partition coefficient (Wildman–Crippen LogP) is 5.38. The Labute approximate surface area is 153 Å². The Morgan fingerprint density at radius 1 is 1.27 bits per heavy atom. The van der Waals surface area contributed by atoms with Gasteiger partial charge in [0.25, 0.3) is 5.91 Å². The fourth-order valence-electron chi connectivity index (χ4n) is 4.14.